The summed E-state index contributed by atoms with van der Waals surface area (Å²) in [5, 5.41) is 9.99. The summed E-state index contributed by atoms with van der Waals surface area (Å²) in [6.07, 6.45) is -3.95. The predicted molar refractivity (Wildman–Crippen MR) is 133 cm³/mol. The average molecular weight is 536 g/mol. The number of hydrogen-bond acceptors (Lipinski definition) is 6. The van der Waals surface area contributed by atoms with Crippen molar-refractivity contribution in [2.45, 2.75) is 25.6 Å². The Morgan fingerprint density at radius 3 is 2.47 bits per heavy atom. The maximum absolute atomic E-state index is 13.5. The van der Waals surface area contributed by atoms with Gasteiger partial charge in [0.05, 0.1) is 28.8 Å². The maximum Gasteiger partial charge on any atom is 0.416 e. The lowest BCUT2D eigenvalue weighted by atomic mass is 10.1. The monoisotopic (exact) mass is 535 g/mol. The Kier molecular flexibility index (Phi) is 7.91. The minimum Gasteiger partial charge on any atom is -0.383 e. The zero-order chi connectivity index (χ0) is 25.9. The van der Waals surface area contributed by atoms with Gasteiger partial charge in [-0.05, 0) is 59.6 Å². The van der Waals surface area contributed by atoms with Gasteiger partial charge in [0.25, 0.3) is 11.8 Å². The van der Waals surface area contributed by atoms with Crippen LogP contribution in [0, 0.1) is 6.92 Å². The van der Waals surface area contributed by atoms with E-state index in [-0.39, 0.29) is 37.2 Å². The Bertz CT molecular complexity index is 1240. The fourth-order valence-corrected chi connectivity index (χ4v) is 5.67. The topological polar surface area (TPSA) is 62.2 Å². The highest BCUT2D eigenvalue weighted by atomic mass is 32.1. The van der Waals surface area contributed by atoms with Crippen molar-refractivity contribution < 1.29 is 27.5 Å². The Labute approximate surface area is 214 Å². The zero-order valence-corrected chi connectivity index (χ0v) is 21.3. The van der Waals surface area contributed by atoms with Crippen molar-refractivity contribution in [3.63, 3.8) is 0 Å². The minimum absolute atomic E-state index is 0.0572. The van der Waals surface area contributed by atoms with Gasteiger partial charge in [0.1, 0.15) is 6.54 Å². The summed E-state index contributed by atoms with van der Waals surface area (Å²) < 4.78 is 43.9. The summed E-state index contributed by atoms with van der Waals surface area (Å²) in [5.41, 5.74) is 1.07. The fourth-order valence-electron chi connectivity index (χ4n) is 3.94. The van der Waals surface area contributed by atoms with Gasteiger partial charge in [0.2, 0.25) is 0 Å². The number of alkyl halides is 3. The summed E-state index contributed by atoms with van der Waals surface area (Å²) in [5.74, 6) is -0.935. The molecular weight excluding hydrogens is 511 g/mol. The van der Waals surface area contributed by atoms with Crippen LogP contribution < -0.4 is 0 Å². The Hall–Kier alpha value is -3.02. The van der Waals surface area contributed by atoms with Crippen molar-refractivity contribution in [1.29, 1.82) is 0 Å². The van der Waals surface area contributed by atoms with Crippen molar-refractivity contribution in [2.24, 2.45) is 5.10 Å². The number of rotatable bonds is 8. The first-order valence-electron chi connectivity index (χ1n) is 11.1. The third-order valence-corrected chi connectivity index (χ3v) is 7.85. The third-order valence-electron chi connectivity index (χ3n) is 5.81. The molecule has 0 bridgehead atoms. The second-order valence-electron chi connectivity index (χ2n) is 8.24. The molecule has 4 rings (SSSR count). The lowest BCUT2D eigenvalue weighted by Crippen LogP contribution is -2.42. The molecule has 3 aromatic rings. The van der Waals surface area contributed by atoms with E-state index in [1.54, 1.807) is 22.7 Å². The summed E-state index contributed by atoms with van der Waals surface area (Å²) in [4.78, 5) is 30.0. The van der Waals surface area contributed by atoms with Crippen LogP contribution in [-0.2, 0) is 15.7 Å². The van der Waals surface area contributed by atoms with Crippen LogP contribution >= 0.6 is 22.7 Å². The number of hydrazone groups is 1. The molecule has 1 aliphatic rings. The van der Waals surface area contributed by atoms with E-state index in [2.05, 4.69) is 5.10 Å². The number of carbonyl (C=O) groups is 2. The van der Waals surface area contributed by atoms with Gasteiger partial charge in [-0.3, -0.25) is 9.59 Å². The molecule has 1 atom stereocenters. The summed E-state index contributed by atoms with van der Waals surface area (Å²) >= 11 is 3.09. The second-order valence-corrected chi connectivity index (χ2v) is 10.1. The first kappa shape index (κ1) is 26.1. The highest BCUT2D eigenvalue weighted by Gasteiger charge is 2.36. The third kappa shape index (κ3) is 5.69. The molecule has 0 saturated carbocycles. The Morgan fingerprint density at radius 2 is 1.89 bits per heavy atom. The minimum atomic E-state index is -4.50. The molecule has 11 heteroatoms. The van der Waals surface area contributed by atoms with Crippen LogP contribution in [0.3, 0.4) is 0 Å². The molecule has 1 aromatic carbocycles. The Morgan fingerprint density at radius 1 is 1.14 bits per heavy atom. The second kappa shape index (κ2) is 10.9. The van der Waals surface area contributed by atoms with Crippen molar-refractivity contribution in [3.8, 4) is 0 Å². The van der Waals surface area contributed by atoms with Crippen LogP contribution in [0.1, 0.15) is 43.7 Å². The van der Waals surface area contributed by atoms with Crippen LogP contribution in [0.25, 0.3) is 0 Å². The number of hydrogen-bond donors (Lipinski definition) is 0. The number of benzene rings is 1. The standard InChI is InChI=1S/C25H24F3N3O3S2/c1-16-9-13-36-23(16)20-14-19(21-4-3-12-35-21)29-31(20)22(32)15-30(10-11-34-2)24(33)17-5-7-18(8-6-17)25(26,27)28/h3-9,12-13,20H,10-11,14-15H2,1-2H3. The van der Waals surface area contributed by atoms with Crippen molar-refractivity contribution in [3.05, 3.63) is 79.7 Å². The summed E-state index contributed by atoms with van der Waals surface area (Å²) in [6, 6.07) is 9.54. The quantitative estimate of drug-likeness (QED) is 0.377. The molecule has 0 spiro atoms. The van der Waals surface area contributed by atoms with Crippen LogP contribution in [0.15, 0.2) is 58.3 Å². The molecule has 0 aliphatic carbocycles. The zero-order valence-electron chi connectivity index (χ0n) is 19.6. The molecular formula is C25H24F3N3O3S2. The normalized spacial score (nSPS) is 15.8. The largest absolute Gasteiger partial charge is 0.416 e. The van der Waals surface area contributed by atoms with E-state index in [1.165, 1.54) is 17.0 Å². The van der Waals surface area contributed by atoms with E-state index in [9.17, 15) is 22.8 Å². The molecule has 2 amide bonds. The lowest BCUT2D eigenvalue weighted by molar-refractivity contribution is -0.137. The maximum atomic E-state index is 13.5. The number of carbonyl (C=O) groups excluding carboxylic acids is 2. The van der Waals surface area contributed by atoms with Crippen molar-refractivity contribution in [1.82, 2.24) is 9.91 Å². The van der Waals surface area contributed by atoms with E-state index in [0.29, 0.717) is 6.42 Å². The molecule has 190 valence electrons. The number of nitrogens with zero attached hydrogens (tertiary/aromatic N) is 3. The van der Waals surface area contributed by atoms with Crippen molar-refractivity contribution >= 4 is 40.2 Å². The highest BCUT2D eigenvalue weighted by Crippen LogP contribution is 2.38. The van der Waals surface area contributed by atoms with E-state index < -0.39 is 17.6 Å². The van der Waals surface area contributed by atoms with Gasteiger partial charge in [-0.1, -0.05) is 6.07 Å². The molecule has 0 saturated heterocycles. The van der Waals surface area contributed by atoms with E-state index in [4.69, 9.17) is 4.74 Å². The molecule has 36 heavy (non-hydrogen) atoms. The van der Waals surface area contributed by atoms with Gasteiger partial charge in [-0.2, -0.15) is 18.3 Å². The molecule has 3 heterocycles. The van der Waals surface area contributed by atoms with Crippen LogP contribution in [-0.4, -0.2) is 54.2 Å². The van der Waals surface area contributed by atoms with Gasteiger partial charge in [-0.15, -0.1) is 22.7 Å². The van der Waals surface area contributed by atoms with Crippen LogP contribution in [0.4, 0.5) is 13.2 Å². The molecule has 0 N–H and O–H groups in total. The smallest absolute Gasteiger partial charge is 0.383 e. The Balaban J connectivity index is 1.58. The highest BCUT2D eigenvalue weighted by molar-refractivity contribution is 7.12. The number of thiophene rings is 2. The molecule has 0 radical (unpaired) electrons. The summed E-state index contributed by atoms with van der Waals surface area (Å²) in [7, 11) is 1.47. The lowest BCUT2D eigenvalue weighted by Gasteiger charge is -2.27. The summed E-state index contributed by atoms with van der Waals surface area (Å²) in [6.45, 7) is 1.96. The SMILES string of the molecule is COCCN(CC(=O)N1N=C(c2cccs2)CC1c1sccc1C)C(=O)c1ccc(C(F)(F)F)cc1. The average Bonchev–Trinajstić information content (AvgIpc) is 3.61. The number of amides is 2. The molecule has 1 aliphatic heterocycles. The van der Waals surface area contributed by atoms with Gasteiger partial charge < -0.3 is 9.64 Å². The van der Waals surface area contributed by atoms with Gasteiger partial charge in [0.15, 0.2) is 0 Å². The number of methoxy groups -OCH3 is 1. The molecule has 2 aromatic heterocycles. The van der Waals surface area contributed by atoms with E-state index in [1.807, 2.05) is 35.9 Å². The fraction of sp³-hybridized carbons (Fsp3) is 0.320. The van der Waals surface area contributed by atoms with Gasteiger partial charge in [-0.25, -0.2) is 5.01 Å². The van der Waals surface area contributed by atoms with E-state index in [0.717, 1.165) is 45.3 Å². The first-order valence-corrected chi connectivity index (χ1v) is 12.9. The number of halogens is 3. The van der Waals surface area contributed by atoms with E-state index >= 15 is 0 Å². The van der Waals surface area contributed by atoms with Gasteiger partial charge in [0, 0.05) is 30.5 Å². The van der Waals surface area contributed by atoms with Crippen LogP contribution in [0.5, 0.6) is 0 Å². The number of aryl methyl sites for hydroxylation is 1. The molecule has 1 unspecified atom stereocenters. The molecule has 6 nitrogen and oxygen atoms in total. The van der Waals surface area contributed by atoms with Gasteiger partial charge >= 0.3 is 6.18 Å². The predicted octanol–water partition coefficient (Wildman–Crippen LogP) is 5.60. The van der Waals surface area contributed by atoms with Crippen molar-refractivity contribution in [2.75, 3.05) is 26.8 Å². The first-order chi connectivity index (χ1) is 17.2. The number of ether oxygens (including phenoxy) is 1. The van der Waals surface area contributed by atoms with Crippen LogP contribution in [0.2, 0.25) is 0 Å². The molecule has 0 fully saturated rings.